The van der Waals surface area contributed by atoms with E-state index in [1.54, 1.807) is 0 Å². The first kappa shape index (κ1) is 10.3. The number of carbonyl (C=O) groups is 1. The van der Waals surface area contributed by atoms with Crippen molar-refractivity contribution in [3.8, 4) is 0 Å². The highest BCUT2D eigenvalue weighted by atomic mass is 16.4. The van der Waals surface area contributed by atoms with E-state index in [-0.39, 0.29) is 12.6 Å². The maximum absolute atomic E-state index is 10.8. The zero-order valence-electron chi connectivity index (χ0n) is 7.57. The molecule has 1 rings (SSSR count). The Labute approximate surface area is 77.3 Å². The number of rotatable bonds is 3. The van der Waals surface area contributed by atoms with Crippen molar-refractivity contribution in [3.63, 3.8) is 0 Å². The molecular weight excluding hydrogens is 172 g/mol. The zero-order chi connectivity index (χ0) is 9.68. The first-order chi connectivity index (χ1) is 6.25. The third-order valence-corrected chi connectivity index (χ3v) is 2.29. The summed E-state index contributed by atoms with van der Waals surface area (Å²) in [6.07, 6.45) is 0.538. The summed E-state index contributed by atoms with van der Waals surface area (Å²) in [5, 5.41) is 20.6. The molecule has 3 N–H and O–H groups in total. The predicted molar refractivity (Wildman–Crippen MR) is 47.7 cm³/mol. The van der Waals surface area contributed by atoms with Crippen LogP contribution in [0.2, 0.25) is 0 Å². The Bertz CT molecular complexity index is 175. The molecule has 1 aliphatic rings. The molecule has 1 saturated heterocycles. The van der Waals surface area contributed by atoms with Gasteiger partial charge in [0.2, 0.25) is 0 Å². The highest BCUT2D eigenvalue weighted by molar-refractivity contribution is 5.65. The van der Waals surface area contributed by atoms with Crippen LogP contribution in [0.5, 0.6) is 0 Å². The van der Waals surface area contributed by atoms with E-state index < -0.39 is 6.09 Å². The molecule has 76 valence electrons. The van der Waals surface area contributed by atoms with Crippen molar-refractivity contribution >= 4 is 6.09 Å². The normalized spacial score (nSPS) is 23.2. The molecule has 0 aliphatic carbocycles. The van der Waals surface area contributed by atoms with Gasteiger partial charge in [0.15, 0.2) is 0 Å². The summed E-state index contributed by atoms with van der Waals surface area (Å²) in [6, 6.07) is 0.0263. The Kier molecular flexibility index (Phi) is 3.98. The van der Waals surface area contributed by atoms with Gasteiger partial charge in [-0.25, -0.2) is 4.79 Å². The number of piperazine rings is 1. The van der Waals surface area contributed by atoms with Crippen LogP contribution in [-0.2, 0) is 0 Å². The molecule has 1 aliphatic heterocycles. The number of aliphatic hydroxyl groups is 1. The Balaban J connectivity index is 2.41. The number of carboxylic acid groups (broad SMARTS) is 1. The van der Waals surface area contributed by atoms with Gasteiger partial charge in [-0.2, -0.15) is 0 Å². The molecule has 0 saturated carbocycles. The lowest BCUT2D eigenvalue weighted by atomic mass is 10.1. The summed E-state index contributed by atoms with van der Waals surface area (Å²) in [6.45, 7) is 2.10. The minimum atomic E-state index is -0.857. The van der Waals surface area contributed by atoms with Gasteiger partial charge in [-0.1, -0.05) is 0 Å². The molecule has 13 heavy (non-hydrogen) atoms. The molecule has 1 atom stereocenters. The molecule has 0 spiro atoms. The first-order valence-electron chi connectivity index (χ1n) is 4.57. The number of hydrogen-bond donors (Lipinski definition) is 3. The quantitative estimate of drug-likeness (QED) is 0.569. The fourth-order valence-electron chi connectivity index (χ4n) is 1.60. The number of amides is 1. The lowest BCUT2D eigenvalue weighted by Crippen LogP contribution is -2.53. The van der Waals surface area contributed by atoms with Crippen LogP contribution in [0.4, 0.5) is 4.79 Å². The van der Waals surface area contributed by atoms with Crippen LogP contribution in [0, 0.1) is 0 Å². The minimum Gasteiger partial charge on any atom is -0.465 e. The van der Waals surface area contributed by atoms with E-state index in [1.807, 2.05) is 0 Å². The Hall–Kier alpha value is -0.810. The summed E-state index contributed by atoms with van der Waals surface area (Å²) in [5.41, 5.74) is 0. The van der Waals surface area contributed by atoms with E-state index in [2.05, 4.69) is 5.32 Å². The largest absolute Gasteiger partial charge is 0.465 e. The fraction of sp³-hybridized carbons (Fsp3) is 0.875. The molecule has 0 aromatic carbocycles. The van der Waals surface area contributed by atoms with E-state index in [4.69, 9.17) is 10.2 Å². The number of hydrogen-bond acceptors (Lipinski definition) is 3. The van der Waals surface area contributed by atoms with Gasteiger partial charge in [0.25, 0.3) is 0 Å². The van der Waals surface area contributed by atoms with E-state index in [1.165, 1.54) is 4.90 Å². The summed E-state index contributed by atoms with van der Waals surface area (Å²) in [4.78, 5) is 12.2. The van der Waals surface area contributed by atoms with Crippen molar-refractivity contribution in [3.05, 3.63) is 0 Å². The van der Waals surface area contributed by atoms with Crippen LogP contribution in [0.1, 0.15) is 12.8 Å². The monoisotopic (exact) mass is 188 g/mol. The van der Waals surface area contributed by atoms with Gasteiger partial charge in [0, 0.05) is 32.3 Å². The molecule has 0 bridgehead atoms. The second kappa shape index (κ2) is 5.04. The van der Waals surface area contributed by atoms with Gasteiger partial charge in [-0.05, 0) is 12.8 Å². The summed E-state index contributed by atoms with van der Waals surface area (Å²) >= 11 is 0. The Morgan fingerprint density at radius 1 is 1.62 bits per heavy atom. The van der Waals surface area contributed by atoms with Crippen molar-refractivity contribution < 1.29 is 15.0 Å². The van der Waals surface area contributed by atoms with Gasteiger partial charge < -0.3 is 20.4 Å². The fourth-order valence-corrected chi connectivity index (χ4v) is 1.60. The topological polar surface area (TPSA) is 72.8 Å². The maximum atomic E-state index is 10.8. The molecule has 0 radical (unpaired) electrons. The first-order valence-corrected chi connectivity index (χ1v) is 4.57. The summed E-state index contributed by atoms with van der Waals surface area (Å²) in [5.74, 6) is 0. The van der Waals surface area contributed by atoms with E-state index in [0.717, 1.165) is 13.0 Å². The van der Waals surface area contributed by atoms with Gasteiger partial charge in [0.05, 0.1) is 0 Å². The minimum absolute atomic E-state index is 0.0263. The highest BCUT2D eigenvalue weighted by Gasteiger charge is 2.25. The van der Waals surface area contributed by atoms with E-state index >= 15 is 0 Å². The standard InChI is InChI=1S/C8H16N2O3/c11-5-1-2-7-6-9-3-4-10(7)8(12)13/h7,9,11H,1-6H2,(H,12,13). The van der Waals surface area contributed by atoms with Crippen LogP contribution in [0.15, 0.2) is 0 Å². The second-order valence-corrected chi connectivity index (χ2v) is 3.20. The summed E-state index contributed by atoms with van der Waals surface area (Å²) in [7, 11) is 0. The number of nitrogens with one attached hydrogen (secondary N) is 1. The van der Waals surface area contributed by atoms with E-state index in [9.17, 15) is 4.79 Å². The van der Waals surface area contributed by atoms with Crippen LogP contribution in [0.25, 0.3) is 0 Å². The molecule has 5 heteroatoms. The molecule has 1 amide bonds. The Morgan fingerprint density at radius 2 is 2.38 bits per heavy atom. The van der Waals surface area contributed by atoms with Crippen LogP contribution < -0.4 is 5.32 Å². The molecule has 5 nitrogen and oxygen atoms in total. The second-order valence-electron chi connectivity index (χ2n) is 3.20. The lowest BCUT2D eigenvalue weighted by molar-refractivity contribution is 0.106. The van der Waals surface area contributed by atoms with Crippen molar-refractivity contribution in [2.45, 2.75) is 18.9 Å². The van der Waals surface area contributed by atoms with Crippen molar-refractivity contribution in [1.82, 2.24) is 10.2 Å². The van der Waals surface area contributed by atoms with Gasteiger partial charge in [-0.15, -0.1) is 0 Å². The average molecular weight is 188 g/mol. The van der Waals surface area contributed by atoms with E-state index in [0.29, 0.717) is 19.5 Å². The average Bonchev–Trinajstić information content (AvgIpc) is 2.15. The van der Waals surface area contributed by atoms with Gasteiger partial charge in [-0.3, -0.25) is 0 Å². The van der Waals surface area contributed by atoms with Crippen LogP contribution in [0.3, 0.4) is 0 Å². The van der Waals surface area contributed by atoms with Crippen LogP contribution >= 0.6 is 0 Å². The molecule has 1 fully saturated rings. The van der Waals surface area contributed by atoms with Crippen LogP contribution in [-0.4, -0.2) is 53.5 Å². The molecule has 1 unspecified atom stereocenters. The van der Waals surface area contributed by atoms with Crippen molar-refractivity contribution in [1.29, 1.82) is 0 Å². The third kappa shape index (κ3) is 2.86. The smallest absolute Gasteiger partial charge is 0.407 e. The summed E-state index contributed by atoms with van der Waals surface area (Å²) < 4.78 is 0. The van der Waals surface area contributed by atoms with Gasteiger partial charge >= 0.3 is 6.09 Å². The molecule has 1 heterocycles. The third-order valence-electron chi connectivity index (χ3n) is 2.29. The lowest BCUT2D eigenvalue weighted by Gasteiger charge is -2.34. The zero-order valence-corrected chi connectivity index (χ0v) is 7.57. The number of nitrogens with zero attached hydrogens (tertiary/aromatic N) is 1. The SMILES string of the molecule is O=C(O)N1CCNCC1CCCO. The highest BCUT2D eigenvalue weighted by Crippen LogP contribution is 2.09. The molecular formula is C8H16N2O3. The predicted octanol–water partition coefficient (Wildman–Crippen LogP) is -0.289. The van der Waals surface area contributed by atoms with Gasteiger partial charge in [0.1, 0.15) is 0 Å². The molecule has 0 aromatic rings. The maximum Gasteiger partial charge on any atom is 0.407 e. The Morgan fingerprint density at radius 3 is 3.00 bits per heavy atom. The van der Waals surface area contributed by atoms with Crippen molar-refractivity contribution in [2.75, 3.05) is 26.2 Å². The van der Waals surface area contributed by atoms with Crippen molar-refractivity contribution in [2.24, 2.45) is 0 Å². The number of aliphatic hydroxyl groups excluding tert-OH is 1. The molecule has 0 aromatic heterocycles.